The molecule has 0 amide bonds. The van der Waals surface area contributed by atoms with Gasteiger partial charge in [0.15, 0.2) is 5.82 Å². The second-order valence-corrected chi connectivity index (χ2v) is 5.23. The van der Waals surface area contributed by atoms with Crippen LogP contribution < -0.4 is 5.32 Å². The fraction of sp³-hybridized carbons (Fsp3) is 0.250. The van der Waals surface area contributed by atoms with Crippen LogP contribution in [0.15, 0.2) is 43.0 Å². The van der Waals surface area contributed by atoms with Crippen LogP contribution in [-0.2, 0) is 4.74 Å². The van der Waals surface area contributed by atoms with Crippen molar-refractivity contribution in [2.45, 2.75) is 12.5 Å². The number of pyridine rings is 2. The zero-order valence-corrected chi connectivity index (χ0v) is 11.9. The largest absolute Gasteiger partial charge is 0.379 e. The quantitative estimate of drug-likeness (QED) is 0.798. The van der Waals surface area contributed by atoms with Crippen molar-refractivity contribution in [2.75, 3.05) is 18.5 Å². The van der Waals surface area contributed by atoms with Crippen molar-refractivity contribution >= 4 is 16.7 Å². The summed E-state index contributed by atoms with van der Waals surface area (Å²) in [6.45, 7) is 1.50. The third kappa shape index (κ3) is 2.48. The summed E-state index contributed by atoms with van der Waals surface area (Å²) in [5, 5.41) is 4.45. The summed E-state index contributed by atoms with van der Waals surface area (Å²) in [6, 6.07) is 6.03. The maximum atomic E-state index is 5.43. The van der Waals surface area contributed by atoms with Crippen LogP contribution in [0.1, 0.15) is 6.42 Å². The van der Waals surface area contributed by atoms with E-state index in [4.69, 9.17) is 9.72 Å². The predicted octanol–water partition coefficient (Wildman–Crippen LogP) is 2.29. The summed E-state index contributed by atoms with van der Waals surface area (Å²) in [5.41, 5.74) is 1.76. The van der Waals surface area contributed by atoms with Crippen molar-refractivity contribution in [1.82, 2.24) is 19.9 Å². The van der Waals surface area contributed by atoms with Crippen molar-refractivity contribution in [3.63, 3.8) is 0 Å². The third-order valence-corrected chi connectivity index (χ3v) is 3.71. The molecule has 0 bridgehead atoms. The van der Waals surface area contributed by atoms with Gasteiger partial charge >= 0.3 is 0 Å². The summed E-state index contributed by atoms with van der Waals surface area (Å²) in [5.74, 6) is 1.50. The molecule has 1 aliphatic rings. The molecule has 0 unspecified atom stereocenters. The van der Waals surface area contributed by atoms with Crippen LogP contribution in [0.2, 0.25) is 0 Å². The van der Waals surface area contributed by atoms with E-state index in [9.17, 15) is 0 Å². The number of anilines is 1. The molecule has 0 aliphatic carbocycles. The maximum Gasteiger partial charge on any atom is 0.162 e. The highest BCUT2D eigenvalue weighted by Crippen LogP contribution is 2.25. The highest BCUT2D eigenvalue weighted by Gasteiger charge is 2.18. The fourth-order valence-electron chi connectivity index (χ4n) is 2.56. The number of aromatic nitrogens is 4. The van der Waals surface area contributed by atoms with Crippen molar-refractivity contribution < 1.29 is 4.74 Å². The minimum absolute atomic E-state index is 0.288. The Morgan fingerprint density at radius 1 is 1.05 bits per heavy atom. The molecule has 1 aliphatic heterocycles. The summed E-state index contributed by atoms with van der Waals surface area (Å²) in [6.07, 6.45) is 7.99. The Kier molecular flexibility index (Phi) is 3.36. The lowest BCUT2D eigenvalue weighted by Crippen LogP contribution is -2.20. The Labute approximate surface area is 127 Å². The first kappa shape index (κ1) is 13.1. The van der Waals surface area contributed by atoms with Crippen LogP contribution in [-0.4, -0.2) is 39.2 Å². The Morgan fingerprint density at radius 3 is 2.73 bits per heavy atom. The van der Waals surface area contributed by atoms with Crippen LogP contribution in [0.25, 0.3) is 22.3 Å². The van der Waals surface area contributed by atoms with Gasteiger partial charge < -0.3 is 10.1 Å². The van der Waals surface area contributed by atoms with E-state index in [-0.39, 0.29) is 6.04 Å². The van der Waals surface area contributed by atoms with E-state index >= 15 is 0 Å². The van der Waals surface area contributed by atoms with Gasteiger partial charge in [-0.25, -0.2) is 9.97 Å². The van der Waals surface area contributed by atoms with E-state index in [1.54, 1.807) is 24.8 Å². The van der Waals surface area contributed by atoms with E-state index in [0.717, 1.165) is 35.3 Å². The first-order valence-electron chi connectivity index (χ1n) is 7.26. The molecule has 4 rings (SSSR count). The first-order valence-corrected chi connectivity index (χ1v) is 7.26. The van der Waals surface area contributed by atoms with Gasteiger partial charge in [-0.3, -0.25) is 9.97 Å². The molecule has 110 valence electrons. The predicted molar refractivity (Wildman–Crippen MR) is 83.4 cm³/mol. The van der Waals surface area contributed by atoms with E-state index in [1.807, 2.05) is 18.2 Å². The molecule has 22 heavy (non-hydrogen) atoms. The number of hydrogen-bond donors (Lipinski definition) is 1. The van der Waals surface area contributed by atoms with Gasteiger partial charge in [0.2, 0.25) is 0 Å². The Balaban J connectivity index is 1.82. The second-order valence-electron chi connectivity index (χ2n) is 5.23. The van der Waals surface area contributed by atoms with Gasteiger partial charge in [0.05, 0.1) is 24.4 Å². The molecule has 6 heteroatoms. The molecular formula is C16H15N5O. The minimum atomic E-state index is 0.288. The minimum Gasteiger partial charge on any atom is -0.379 e. The molecule has 3 aromatic heterocycles. The van der Waals surface area contributed by atoms with Crippen molar-refractivity contribution in [1.29, 1.82) is 0 Å². The molecule has 0 saturated carbocycles. The number of fused-ring (bicyclic) bond motifs is 1. The molecule has 6 nitrogen and oxygen atoms in total. The Bertz CT molecular complexity index is 787. The average Bonchev–Trinajstić information content (AvgIpc) is 3.09. The van der Waals surface area contributed by atoms with Crippen LogP contribution in [0, 0.1) is 0 Å². The van der Waals surface area contributed by atoms with Gasteiger partial charge in [-0.2, -0.15) is 0 Å². The normalized spacial score (nSPS) is 17.7. The SMILES string of the molecule is c1cc(-c2nc(N[C@@H]3CCOC3)c3ccncc3n2)ccn1. The van der Waals surface area contributed by atoms with E-state index < -0.39 is 0 Å². The van der Waals surface area contributed by atoms with Gasteiger partial charge in [-0.15, -0.1) is 0 Å². The zero-order valence-electron chi connectivity index (χ0n) is 11.9. The maximum absolute atomic E-state index is 5.43. The van der Waals surface area contributed by atoms with Crippen molar-refractivity contribution in [2.24, 2.45) is 0 Å². The van der Waals surface area contributed by atoms with E-state index in [2.05, 4.69) is 20.3 Å². The van der Waals surface area contributed by atoms with Gasteiger partial charge in [0.25, 0.3) is 0 Å². The summed E-state index contributed by atoms with van der Waals surface area (Å²) >= 11 is 0. The van der Waals surface area contributed by atoms with Gasteiger partial charge in [-0.05, 0) is 24.6 Å². The van der Waals surface area contributed by atoms with Crippen molar-refractivity contribution in [3.05, 3.63) is 43.0 Å². The first-order chi connectivity index (χ1) is 10.9. The van der Waals surface area contributed by atoms with Crippen LogP contribution in [0.4, 0.5) is 5.82 Å². The molecule has 1 saturated heterocycles. The second kappa shape index (κ2) is 5.65. The Hall–Kier alpha value is -2.60. The third-order valence-electron chi connectivity index (χ3n) is 3.71. The summed E-state index contributed by atoms with van der Waals surface area (Å²) in [7, 11) is 0. The molecule has 1 atom stereocenters. The van der Waals surface area contributed by atoms with Crippen LogP contribution >= 0.6 is 0 Å². The van der Waals surface area contributed by atoms with Crippen LogP contribution in [0.5, 0.6) is 0 Å². The standard InChI is InChI=1S/C16H15N5O/c1-5-17-6-2-11(1)15-20-14-9-18-7-3-13(14)16(21-15)19-12-4-8-22-10-12/h1-3,5-7,9,12H,4,8,10H2,(H,19,20,21)/t12-/m1/s1. The lowest BCUT2D eigenvalue weighted by molar-refractivity contribution is 0.195. The molecule has 0 spiro atoms. The smallest absolute Gasteiger partial charge is 0.162 e. The Morgan fingerprint density at radius 2 is 1.91 bits per heavy atom. The van der Waals surface area contributed by atoms with Crippen LogP contribution in [0.3, 0.4) is 0 Å². The van der Waals surface area contributed by atoms with Gasteiger partial charge in [0, 0.05) is 36.1 Å². The monoisotopic (exact) mass is 293 g/mol. The van der Waals surface area contributed by atoms with Gasteiger partial charge in [0.1, 0.15) is 5.82 Å². The van der Waals surface area contributed by atoms with E-state index in [0.29, 0.717) is 12.4 Å². The molecule has 0 aromatic carbocycles. The molecule has 3 aromatic rings. The molecule has 1 N–H and O–H groups in total. The number of nitrogens with zero attached hydrogens (tertiary/aromatic N) is 4. The lowest BCUT2D eigenvalue weighted by Gasteiger charge is -2.14. The molecular weight excluding hydrogens is 278 g/mol. The molecule has 0 radical (unpaired) electrons. The van der Waals surface area contributed by atoms with Gasteiger partial charge in [-0.1, -0.05) is 0 Å². The average molecular weight is 293 g/mol. The summed E-state index contributed by atoms with van der Waals surface area (Å²) < 4.78 is 5.43. The number of ether oxygens (including phenoxy) is 1. The molecule has 1 fully saturated rings. The topological polar surface area (TPSA) is 72.8 Å². The zero-order chi connectivity index (χ0) is 14.8. The molecule has 4 heterocycles. The van der Waals surface area contributed by atoms with E-state index in [1.165, 1.54) is 0 Å². The highest BCUT2D eigenvalue weighted by atomic mass is 16.5. The number of rotatable bonds is 3. The number of hydrogen-bond acceptors (Lipinski definition) is 6. The fourth-order valence-corrected chi connectivity index (χ4v) is 2.56. The lowest BCUT2D eigenvalue weighted by atomic mass is 10.2. The highest BCUT2D eigenvalue weighted by molar-refractivity contribution is 5.90. The number of nitrogens with one attached hydrogen (secondary N) is 1. The summed E-state index contributed by atoms with van der Waals surface area (Å²) in [4.78, 5) is 17.5. The van der Waals surface area contributed by atoms with Crippen molar-refractivity contribution in [3.8, 4) is 11.4 Å².